The Morgan fingerprint density at radius 2 is 1.35 bits per heavy atom. The predicted molar refractivity (Wildman–Crippen MR) is 100 cm³/mol. The van der Waals surface area contributed by atoms with Crippen molar-refractivity contribution in [3.05, 3.63) is 48.5 Å². The van der Waals surface area contributed by atoms with E-state index in [1.807, 2.05) is 0 Å². The predicted octanol–water partition coefficient (Wildman–Crippen LogP) is 2.27. The Labute approximate surface area is 150 Å². The first-order valence-electron chi connectivity index (χ1n) is 7.66. The highest BCUT2D eigenvalue weighted by atomic mass is 16.2. The third kappa shape index (κ3) is 3.90. The maximum absolute atomic E-state index is 12.3. The minimum atomic E-state index is -0.907. The number of nitrogens with two attached hydrogens (primary N) is 3. The van der Waals surface area contributed by atoms with Crippen molar-refractivity contribution in [3.63, 3.8) is 0 Å². The molecule has 134 valence electrons. The van der Waals surface area contributed by atoms with Gasteiger partial charge < -0.3 is 17.2 Å². The first-order chi connectivity index (χ1) is 12.3. The SMILES string of the molecule is CC(=O)[N+](N=Nc1ccc(N=C(N)N)cc1)(C(C)=O)c1ccc(N)cc1. The van der Waals surface area contributed by atoms with Gasteiger partial charge in [-0.3, -0.25) is 0 Å². The van der Waals surface area contributed by atoms with Crippen molar-refractivity contribution in [1.29, 1.82) is 0 Å². The zero-order chi connectivity index (χ0) is 19.3. The lowest BCUT2D eigenvalue weighted by Gasteiger charge is -2.22. The molecule has 2 amide bonds. The van der Waals surface area contributed by atoms with Gasteiger partial charge in [0.15, 0.2) is 11.6 Å². The molecule has 0 unspecified atom stereocenters. The maximum Gasteiger partial charge on any atom is 0.351 e. The average Bonchev–Trinajstić information content (AvgIpc) is 2.57. The van der Waals surface area contributed by atoms with E-state index >= 15 is 0 Å². The lowest BCUT2D eigenvalue weighted by Crippen LogP contribution is -2.51. The summed E-state index contributed by atoms with van der Waals surface area (Å²) < 4.78 is -0.907. The van der Waals surface area contributed by atoms with Gasteiger partial charge >= 0.3 is 11.8 Å². The van der Waals surface area contributed by atoms with E-state index in [0.29, 0.717) is 22.7 Å². The fourth-order valence-corrected chi connectivity index (χ4v) is 2.31. The molecule has 2 aromatic rings. The molecule has 9 heteroatoms. The number of quaternary nitrogens is 1. The molecular weight excluding hydrogens is 334 g/mol. The average molecular weight is 354 g/mol. The quantitative estimate of drug-likeness (QED) is 0.192. The Balaban J connectivity index is 2.45. The Morgan fingerprint density at radius 1 is 0.846 bits per heavy atom. The second-order valence-corrected chi connectivity index (χ2v) is 5.51. The summed E-state index contributed by atoms with van der Waals surface area (Å²) in [5, 5.41) is 8.11. The number of rotatable bonds is 4. The van der Waals surface area contributed by atoms with Crippen LogP contribution in [0.5, 0.6) is 0 Å². The second kappa shape index (κ2) is 7.53. The van der Waals surface area contributed by atoms with Crippen LogP contribution in [0.2, 0.25) is 0 Å². The first-order valence-corrected chi connectivity index (χ1v) is 7.66. The topological polar surface area (TPSA) is 149 Å². The number of carbonyl (C=O) groups is 2. The van der Waals surface area contributed by atoms with Gasteiger partial charge in [0.1, 0.15) is 0 Å². The van der Waals surface area contributed by atoms with Gasteiger partial charge in [-0.2, -0.15) is 0 Å². The number of hydrogen-bond acceptors (Lipinski definition) is 6. The van der Waals surface area contributed by atoms with Gasteiger partial charge in [-0.25, -0.2) is 14.6 Å². The molecular formula is C17H20N7O2+. The van der Waals surface area contributed by atoms with E-state index in [2.05, 4.69) is 15.3 Å². The third-order valence-corrected chi connectivity index (χ3v) is 3.58. The molecule has 0 aromatic heterocycles. The number of carbonyl (C=O) groups excluding carboxylic acids is 2. The van der Waals surface area contributed by atoms with E-state index in [-0.39, 0.29) is 5.96 Å². The van der Waals surface area contributed by atoms with Gasteiger partial charge in [0.2, 0.25) is 0 Å². The summed E-state index contributed by atoms with van der Waals surface area (Å²) in [7, 11) is 0. The van der Waals surface area contributed by atoms with Crippen molar-refractivity contribution < 1.29 is 9.59 Å². The van der Waals surface area contributed by atoms with E-state index in [9.17, 15) is 9.59 Å². The van der Waals surface area contributed by atoms with Crippen LogP contribution in [0, 0.1) is 0 Å². The zero-order valence-corrected chi connectivity index (χ0v) is 14.5. The summed E-state index contributed by atoms with van der Waals surface area (Å²) in [5.41, 5.74) is 18.1. The van der Waals surface area contributed by atoms with Crippen molar-refractivity contribution in [2.45, 2.75) is 13.8 Å². The van der Waals surface area contributed by atoms with Crippen LogP contribution in [0.3, 0.4) is 0 Å². The van der Waals surface area contributed by atoms with E-state index in [1.165, 1.54) is 13.8 Å². The summed E-state index contributed by atoms with van der Waals surface area (Å²) in [5.74, 6) is -1.06. The lowest BCUT2D eigenvalue weighted by molar-refractivity contribution is -0.141. The lowest BCUT2D eigenvalue weighted by atomic mass is 10.2. The Kier molecular flexibility index (Phi) is 5.43. The van der Waals surface area contributed by atoms with Crippen molar-refractivity contribution in [3.8, 4) is 0 Å². The Bertz CT molecular complexity index is 853. The number of nitrogen functional groups attached to an aromatic ring is 1. The van der Waals surface area contributed by atoms with Crippen LogP contribution < -0.4 is 21.8 Å². The summed E-state index contributed by atoms with van der Waals surface area (Å²) in [6.45, 7) is 2.55. The molecule has 9 nitrogen and oxygen atoms in total. The Morgan fingerprint density at radius 3 is 1.81 bits per heavy atom. The minimum Gasteiger partial charge on any atom is -0.399 e. The van der Waals surface area contributed by atoms with Crippen molar-refractivity contribution in [2.75, 3.05) is 5.73 Å². The van der Waals surface area contributed by atoms with Gasteiger partial charge in [0.25, 0.3) is 0 Å². The standard InChI is InChI=1S/C17H20N7O2/c1-11(25)24(12(2)26,16-9-3-13(18)4-10-16)23-22-15-7-5-14(6-8-15)21-17(19)20/h3-10H,18H2,1-2H3,(H4,19,20,21)/q+1. The van der Waals surface area contributed by atoms with Crippen LogP contribution in [0.1, 0.15) is 13.8 Å². The van der Waals surface area contributed by atoms with E-state index in [1.54, 1.807) is 48.5 Å². The molecule has 0 aliphatic rings. The first kappa shape index (κ1) is 18.7. The van der Waals surface area contributed by atoms with Crippen molar-refractivity contribution >= 4 is 40.5 Å². The smallest absolute Gasteiger partial charge is 0.351 e. The van der Waals surface area contributed by atoms with Gasteiger partial charge in [-0.15, -0.1) is 0 Å². The van der Waals surface area contributed by atoms with Gasteiger partial charge in [0.05, 0.1) is 30.4 Å². The number of amides is 2. The molecule has 26 heavy (non-hydrogen) atoms. The maximum atomic E-state index is 12.3. The fourth-order valence-electron chi connectivity index (χ4n) is 2.31. The summed E-state index contributed by atoms with van der Waals surface area (Å²) >= 11 is 0. The third-order valence-electron chi connectivity index (χ3n) is 3.58. The van der Waals surface area contributed by atoms with Crippen molar-refractivity contribution in [2.24, 2.45) is 26.8 Å². The number of guanidine groups is 1. The van der Waals surface area contributed by atoms with Gasteiger partial charge in [0, 0.05) is 17.8 Å². The Hall–Kier alpha value is -3.59. The monoisotopic (exact) mass is 354 g/mol. The number of nitrogens with zero attached hydrogens (tertiary/aromatic N) is 4. The van der Waals surface area contributed by atoms with Crippen LogP contribution >= 0.6 is 0 Å². The molecule has 0 heterocycles. The van der Waals surface area contributed by atoms with E-state index in [0.717, 1.165) is 0 Å². The van der Waals surface area contributed by atoms with Crippen LogP contribution in [-0.4, -0.2) is 17.8 Å². The van der Waals surface area contributed by atoms with Crippen LogP contribution in [-0.2, 0) is 9.59 Å². The molecule has 0 radical (unpaired) electrons. The molecule has 2 aromatic carbocycles. The minimum absolute atomic E-state index is 0.0634. The largest absolute Gasteiger partial charge is 0.399 e. The van der Waals surface area contributed by atoms with Crippen molar-refractivity contribution in [1.82, 2.24) is 4.59 Å². The molecule has 0 saturated heterocycles. The molecule has 0 saturated carbocycles. The van der Waals surface area contributed by atoms with Gasteiger partial charge in [-0.05, 0) is 41.0 Å². The number of anilines is 1. The highest BCUT2D eigenvalue weighted by molar-refractivity contribution is 6.06. The molecule has 0 aliphatic carbocycles. The number of imide groups is 1. The molecule has 0 atom stereocenters. The number of benzene rings is 2. The highest BCUT2D eigenvalue weighted by Crippen LogP contribution is 2.28. The molecule has 0 aliphatic heterocycles. The number of hydrogen-bond donors (Lipinski definition) is 3. The molecule has 0 spiro atoms. The van der Waals surface area contributed by atoms with Gasteiger partial charge in [-0.1, -0.05) is 5.11 Å². The van der Waals surface area contributed by atoms with Crippen LogP contribution in [0.15, 0.2) is 63.9 Å². The highest BCUT2D eigenvalue weighted by Gasteiger charge is 2.44. The summed E-state index contributed by atoms with van der Waals surface area (Å²) in [4.78, 5) is 28.5. The van der Waals surface area contributed by atoms with E-state index < -0.39 is 16.4 Å². The molecule has 6 N–H and O–H groups in total. The fraction of sp³-hybridized carbons (Fsp3) is 0.118. The summed E-state index contributed by atoms with van der Waals surface area (Å²) in [6, 6.07) is 12.8. The summed E-state index contributed by atoms with van der Waals surface area (Å²) in [6.07, 6.45) is 0. The normalized spacial score (nSPS) is 11.3. The second-order valence-electron chi connectivity index (χ2n) is 5.51. The van der Waals surface area contributed by atoms with E-state index in [4.69, 9.17) is 17.2 Å². The molecule has 0 fully saturated rings. The molecule has 2 rings (SSSR count). The molecule has 0 bridgehead atoms. The van der Waals surface area contributed by atoms with Crippen LogP contribution in [0.4, 0.5) is 22.7 Å². The zero-order valence-electron chi connectivity index (χ0n) is 14.5. The number of aliphatic imine (C=N–C) groups is 1. The van der Waals surface area contributed by atoms with Crippen LogP contribution in [0.25, 0.3) is 0 Å².